The minimum atomic E-state index is -0.471. The number of benzene rings is 1. The second-order valence-electron chi connectivity index (χ2n) is 6.15. The van der Waals surface area contributed by atoms with Crippen LogP contribution in [0, 0.1) is 11.8 Å². The maximum atomic E-state index is 11.6. The topological polar surface area (TPSA) is 60.5 Å². The molecule has 0 spiro atoms. The Hall–Kier alpha value is -2.30. The third-order valence-electron chi connectivity index (χ3n) is 3.44. The minimum Gasteiger partial charge on any atom is -0.440 e. The molecule has 0 aliphatic rings. The lowest BCUT2D eigenvalue weighted by atomic mass is 9.99. The molecular formula is C18H24N2O3. The molecule has 1 atom stereocenters. The molecule has 1 N–H and O–H groups in total. The first-order chi connectivity index (χ1) is 11.0. The van der Waals surface area contributed by atoms with Crippen LogP contribution in [0.5, 0.6) is 5.88 Å². The number of hydrogen-bond donors (Lipinski definition) is 1. The van der Waals surface area contributed by atoms with Crippen molar-refractivity contribution >= 4 is 17.0 Å². The number of alkyl carbamates (subject to hydrolysis) is 1. The van der Waals surface area contributed by atoms with Crippen LogP contribution in [0.15, 0.2) is 36.4 Å². The number of pyridine rings is 1. The summed E-state index contributed by atoms with van der Waals surface area (Å²) in [5.41, 5.74) is 0.844. The van der Waals surface area contributed by atoms with Crippen molar-refractivity contribution in [1.82, 2.24) is 10.3 Å². The number of fused-ring (bicyclic) bond motifs is 1. The Morgan fingerprint density at radius 2 is 1.96 bits per heavy atom. The van der Waals surface area contributed by atoms with Crippen LogP contribution < -0.4 is 10.1 Å². The monoisotopic (exact) mass is 316 g/mol. The summed E-state index contributed by atoms with van der Waals surface area (Å²) in [5, 5.41) is 3.78. The van der Waals surface area contributed by atoms with Crippen LogP contribution in [0.1, 0.15) is 27.2 Å². The van der Waals surface area contributed by atoms with E-state index in [1.165, 1.54) is 0 Å². The second kappa shape index (κ2) is 8.36. The van der Waals surface area contributed by atoms with Gasteiger partial charge in [-0.1, -0.05) is 39.0 Å². The zero-order valence-electron chi connectivity index (χ0n) is 13.9. The summed E-state index contributed by atoms with van der Waals surface area (Å²) in [5.74, 6) is 1.47. The summed E-state index contributed by atoms with van der Waals surface area (Å²) in [7, 11) is 0. The standard InChI is InChI=1S/C18H24N2O3/c1-13(2)10-14(3)11-19-18(21)23-12-22-17-9-8-15-6-4-5-7-16(15)20-17/h4-9,13-14H,10-12H2,1-3H3,(H,19,21). The van der Waals surface area contributed by atoms with Crippen molar-refractivity contribution < 1.29 is 14.3 Å². The van der Waals surface area contributed by atoms with Crippen LogP contribution in [0.25, 0.3) is 10.9 Å². The highest BCUT2D eigenvalue weighted by atomic mass is 16.7. The fourth-order valence-electron chi connectivity index (χ4n) is 2.47. The number of nitrogens with one attached hydrogen (secondary N) is 1. The molecule has 5 nitrogen and oxygen atoms in total. The number of aromatic nitrogens is 1. The predicted octanol–water partition coefficient (Wildman–Crippen LogP) is 3.98. The highest BCUT2D eigenvalue weighted by molar-refractivity contribution is 5.78. The van der Waals surface area contributed by atoms with Gasteiger partial charge < -0.3 is 14.8 Å². The molecule has 2 rings (SSSR count). The van der Waals surface area contributed by atoms with Gasteiger partial charge in [0.15, 0.2) is 0 Å². The first kappa shape index (κ1) is 17.1. The summed E-state index contributed by atoms with van der Waals surface area (Å²) < 4.78 is 10.4. The Kier molecular flexibility index (Phi) is 6.20. The third kappa shape index (κ3) is 5.77. The first-order valence-corrected chi connectivity index (χ1v) is 7.94. The third-order valence-corrected chi connectivity index (χ3v) is 3.44. The van der Waals surface area contributed by atoms with Gasteiger partial charge in [-0.3, -0.25) is 0 Å². The van der Waals surface area contributed by atoms with Gasteiger partial charge in [0.1, 0.15) is 0 Å². The van der Waals surface area contributed by atoms with E-state index in [0.717, 1.165) is 17.3 Å². The van der Waals surface area contributed by atoms with Gasteiger partial charge in [-0.15, -0.1) is 0 Å². The van der Waals surface area contributed by atoms with Crippen LogP contribution in [-0.2, 0) is 4.74 Å². The van der Waals surface area contributed by atoms with Crippen molar-refractivity contribution in [2.75, 3.05) is 13.3 Å². The fraction of sp³-hybridized carbons (Fsp3) is 0.444. The Morgan fingerprint density at radius 3 is 2.74 bits per heavy atom. The van der Waals surface area contributed by atoms with E-state index in [2.05, 4.69) is 31.1 Å². The molecular weight excluding hydrogens is 292 g/mol. The molecule has 0 fully saturated rings. The number of ether oxygens (including phenoxy) is 2. The molecule has 1 amide bonds. The summed E-state index contributed by atoms with van der Waals surface area (Å²) in [6, 6.07) is 11.4. The van der Waals surface area contributed by atoms with E-state index in [4.69, 9.17) is 9.47 Å². The van der Waals surface area contributed by atoms with Crippen molar-refractivity contribution in [3.8, 4) is 5.88 Å². The normalized spacial score (nSPS) is 12.2. The van der Waals surface area contributed by atoms with Gasteiger partial charge in [0, 0.05) is 18.0 Å². The molecule has 0 radical (unpaired) electrons. The summed E-state index contributed by atoms with van der Waals surface area (Å²) in [6.45, 7) is 6.88. The number of carbonyl (C=O) groups is 1. The van der Waals surface area contributed by atoms with Crippen molar-refractivity contribution in [1.29, 1.82) is 0 Å². The quantitative estimate of drug-likeness (QED) is 0.785. The van der Waals surface area contributed by atoms with E-state index in [1.54, 1.807) is 6.07 Å². The average molecular weight is 316 g/mol. The van der Waals surface area contributed by atoms with Gasteiger partial charge >= 0.3 is 6.09 Å². The van der Waals surface area contributed by atoms with Gasteiger partial charge in [0.2, 0.25) is 12.7 Å². The van der Waals surface area contributed by atoms with Gasteiger partial charge in [-0.05, 0) is 30.4 Å². The summed E-state index contributed by atoms with van der Waals surface area (Å²) in [4.78, 5) is 15.9. The highest BCUT2D eigenvalue weighted by Crippen LogP contribution is 2.16. The molecule has 1 unspecified atom stereocenters. The number of carbonyl (C=O) groups excluding carboxylic acids is 1. The molecule has 124 valence electrons. The van der Waals surface area contributed by atoms with Gasteiger partial charge in [-0.25, -0.2) is 9.78 Å². The Labute approximate surface area is 137 Å². The maximum Gasteiger partial charge on any atom is 0.410 e. The van der Waals surface area contributed by atoms with Crippen molar-refractivity contribution in [3.05, 3.63) is 36.4 Å². The average Bonchev–Trinajstić information content (AvgIpc) is 2.52. The molecule has 2 aromatic rings. The Balaban J connectivity index is 1.72. The largest absolute Gasteiger partial charge is 0.440 e. The van der Waals surface area contributed by atoms with Crippen molar-refractivity contribution in [2.45, 2.75) is 27.2 Å². The number of rotatable bonds is 7. The number of amides is 1. The van der Waals surface area contributed by atoms with Crippen molar-refractivity contribution in [3.63, 3.8) is 0 Å². The molecule has 0 bridgehead atoms. The minimum absolute atomic E-state index is 0.157. The maximum absolute atomic E-state index is 11.6. The Morgan fingerprint density at radius 1 is 1.17 bits per heavy atom. The molecule has 0 saturated heterocycles. The zero-order chi connectivity index (χ0) is 16.7. The molecule has 0 saturated carbocycles. The van der Waals surface area contributed by atoms with Crippen molar-refractivity contribution in [2.24, 2.45) is 11.8 Å². The van der Waals surface area contributed by atoms with Crippen LogP contribution in [0.2, 0.25) is 0 Å². The van der Waals surface area contributed by atoms with E-state index in [1.807, 2.05) is 30.3 Å². The van der Waals surface area contributed by atoms with Crippen LogP contribution >= 0.6 is 0 Å². The smallest absolute Gasteiger partial charge is 0.410 e. The van der Waals surface area contributed by atoms with Crippen LogP contribution in [-0.4, -0.2) is 24.4 Å². The van der Waals surface area contributed by atoms with Crippen LogP contribution in [0.3, 0.4) is 0 Å². The Bertz CT molecular complexity index is 643. The first-order valence-electron chi connectivity index (χ1n) is 7.94. The van der Waals surface area contributed by atoms with Gasteiger partial charge in [-0.2, -0.15) is 0 Å². The molecule has 0 aliphatic carbocycles. The molecule has 23 heavy (non-hydrogen) atoms. The molecule has 1 heterocycles. The van der Waals surface area contributed by atoms with E-state index >= 15 is 0 Å². The van der Waals surface area contributed by atoms with E-state index in [-0.39, 0.29) is 6.79 Å². The molecule has 0 aliphatic heterocycles. The predicted molar refractivity (Wildman–Crippen MR) is 90.3 cm³/mol. The number of hydrogen-bond acceptors (Lipinski definition) is 4. The summed E-state index contributed by atoms with van der Waals surface area (Å²) >= 11 is 0. The lowest BCUT2D eigenvalue weighted by Crippen LogP contribution is -2.30. The summed E-state index contributed by atoms with van der Waals surface area (Å²) in [6.07, 6.45) is 0.596. The fourth-order valence-corrected chi connectivity index (χ4v) is 2.47. The highest BCUT2D eigenvalue weighted by Gasteiger charge is 2.08. The molecule has 5 heteroatoms. The van der Waals surface area contributed by atoms with Gasteiger partial charge in [0.25, 0.3) is 0 Å². The van der Waals surface area contributed by atoms with E-state index in [9.17, 15) is 4.79 Å². The van der Waals surface area contributed by atoms with E-state index in [0.29, 0.717) is 24.3 Å². The van der Waals surface area contributed by atoms with Gasteiger partial charge in [0.05, 0.1) is 5.52 Å². The lowest BCUT2D eigenvalue weighted by Gasteiger charge is -2.14. The lowest BCUT2D eigenvalue weighted by molar-refractivity contribution is 0.0563. The second-order valence-corrected chi connectivity index (χ2v) is 6.15. The zero-order valence-corrected chi connectivity index (χ0v) is 13.9. The molecule has 1 aromatic heterocycles. The number of para-hydroxylation sites is 1. The van der Waals surface area contributed by atoms with Crippen LogP contribution in [0.4, 0.5) is 4.79 Å². The SMILES string of the molecule is CC(C)CC(C)CNC(=O)OCOc1ccc2ccccc2n1. The molecule has 1 aromatic carbocycles. The number of nitrogens with zero attached hydrogens (tertiary/aromatic N) is 1. The van der Waals surface area contributed by atoms with E-state index < -0.39 is 6.09 Å².